The molecule has 0 bridgehead atoms. The predicted octanol–water partition coefficient (Wildman–Crippen LogP) is 3.07. The first kappa shape index (κ1) is 24.5. The second kappa shape index (κ2) is 5.99. The van der Waals surface area contributed by atoms with Gasteiger partial charge in [0.2, 0.25) is 0 Å². The number of alkyl halides is 12. The van der Waals surface area contributed by atoms with E-state index in [1.807, 2.05) is 0 Å². The van der Waals surface area contributed by atoms with Crippen LogP contribution in [0, 0.1) is 0 Å². The second-order valence-electron chi connectivity index (χ2n) is 4.12. The number of carboxylic acids is 1. The van der Waals surface area contributed by atoms with E-state index in [0.29, 0.717) is 0 Å². The molecule has 1 atom stereocenters. The zero-order valence-corrected chi connectivity index (χ0v) is 11.7. The van der Waals surface area contributed by atoms with Crippen LogP contribution in [0.25, 0.3) is 0 Å². The molecule has 0 fully saturated rings. The van der Waals surface area contributed by atoms with Crippen LogP contribution in [-0.4, -0.2) is 54.7 Å². The van der Waals surface area contributed by atoms with E-state index in [0.717, 1.165) is 0 Å². The van der Waals surface area contributed by atoms with Crippen LogP contribution in [0.2, 0.25) is 0 Å². The number of hydrogen-bond donors (Lipinski definition) is 1. The maximum absolute atomic E-state index is 13.0. The van der Waals surface area contributed by atoms with E-state index >= 15 is 0 Å². The summed E-state index contributed by atoms with van der Waals surface area (Å²) in [6.45, 7) is 0. The van der Waals surface area contributed by atoms with Gasteiger partial charge in [-0.3, -0.25) is 4.74 Å². The van der Waals surface area contributed by atoms with Gasteiger partial charge in [-0.2, -0.15) is 61.1 Å². The van der Waals surface area contributed by atoms with Crippen LogP contribution < -0.4 is 0 Å². The van der Waals surface area contributed by atoms with Crippen LogP contribution in [0.4, 0.5) is 56.6 Å². The number of aliphatic carboxylic acids is 1. The fourth-order valence-corrected chi connectivity index (χ4v) is 1.42. The third kappa shape index (κ3) is 3.37. The Hall–Kier alpha value is -1.53. The smallest absolute Gasteiger partial charge is 0.460 e. The standard InChI is InChI=1S/C7HF13O5S/c8-2(1(21)22,5(13,14)15)25-6(16,17)3(9,10)4(11,12)7(18,19)26(20,23)24/h(H,21,22). The molecule has 26 heavy (non-hydrogen) atoms. The Morgan fingerprint density at radius 1 is 0.769 bits per heavy atom. The summed E-state index contributed by atoms with van der Waals surface area (Å²) in [6, 6.07) is 0. The first-order valence-corrected chi connectivity index (χ1v) is 6.43. The van der Waals surface area contributed by atoms with Crippen LogP contribution >= 0.6 is 0 Å². The summed E-state index contributed by atoms with van der Waals surface area (Å²) in [5, 5.41) is 0.129. The SMILES string of the molecule is O=C(O)C(F)(OC(F)(F)C(F)(F)C(F)(F)C(F)(F)S(=O)(=O)F)C(F)(F)F. The monoisotopic (exact) mass is 444 g/mol. The molecule has 0 aliphatic carbocycles. The van der Waals surface area contributed by atoms with Crippen molar-refractivity contribution < 1.29 is 79.6 Å². The Bertz CT molecular complexity index is 667. The van der Waals surface area contributed by atoms with Gasteiger partial charge in [-0.25, -0.2) is 4.79 Å². The quantitative estimate of drug-likeness (QED) is 0.483. The van der Waals surface area contributed by atoms with Gasteiger partial charge in [0.25, 0.3) is 0 Å². The summed E-state index contributed by atoms with van der Waals surface area (Å²) < 4.78 is 185. The lowest BCUT2D eigenvalue weighted by Gasteiger charge is -2.36. The molecule has 1 unspecified atom stereocenters. The minimum Gasteiger partial charge on any atom is -0.477 e. The Labute approximate surface area is 132 Å². The molecule has 19 heteroatoms. The highest BCUT2D eigenvalue weighted by molar-refractivity contribution is 7.87. The molecule has 0 aliphatic heterocycles. The number of ether oxygens (including phenoxy) is 1. The largest absolute Gasteiger partial charge is 0.477 e. The van der Waals surface area contributed by atoms with Gasteiger partial charge in [-0.1, -0.05) is 3.89 Å². The van der Waals surface area contributed by atoms with Gasteiger partial charge < -0.3 is 5.11 Å². The average Bonchev–Trinajstić information content (AvgIpc) is 2.34. The van der Waals surface area contributed by atoms with Gasteiger partial charge in [0.1, 0.15) is 0 Å². The van der Waals surface area contributed by atoms with Gasteiger partial charge >= 0.3 is 51.4 Å². The van der Waals surface area contributed by atoms with Crippen LogP contribution in [0.1, 0.15) is 0 Å². The van der Waals surface area contributed by atoms with Crippen molar-refractivity contribution in [3.63, 3.8) is 0 Å². The second-order valence-corrected chi connectivity index (χ2v) is 5.51. The molecule has 0 saturated heterocycles. The zero-order valence-electron chi connectivity index (χ0n) is 10.9. The topological polar surface area (TPSA) is 80.7 Å². The highest BCUT2D eigenvalue weighted by Gasteiger charge is 2.87. The Morgan fingerprint density at radius 3 is 1.35 bits per heavy atom. The highest BCUT2D eigenvalue weighted by Crippen LogP contribution is 2.56. The maximum atomic E-state index is 13.0. The van der Waals surface area contributed by atoms with Gasteiger partial charge in [0.15, 0.2) is 0 Å². The van der Waals surface area contributed by atoms with Crippen molar-refractivity contribution >= 4 is 16.2 Å². The van der Waals surface area contributed by atoms with Gasteiger partial charge in [0, 0.05) is 0 Å². The molecule has 0 aromatic carbocycles. The van der Waals surface area contributed by atoms with Crippen molar-refractivity contribution in [3.05, 3.63) is 0 Å². The van der Waals surface area contributed by atoms with Crippen molar-refractivity contribution in [1.29, 1.82) is 0 Å². The molecule has 0 aromatic rings. The summed E-state index contributed by atoms with van der Waals surface area (Å²) in [5.74, 6) is -27.1. The van der Waals surface area contributed by atoms with E-state index < -0.39 is 51.4 Å². The third-order valence-corrected chi connectivity index (χ3v) is 3.21. The van der Waals surface area contributed by atoms with Crippen molar-refractivity contribution in [2.24, 2.45) is 0 Å². The van der Waals surface area contributed by atoms with E-state index in [1.165, 1.54) is 4.74 Å². The fraction of sp³-hybridized carbons (Fsp3) is 0.857. The molecule has 0 heterocycles. The molecule has 0 aliphatic rings. The number of carbonyl (C=O) groups is 1. The predicted molar refractivity (Wildman–Crippen MR) is 48.4 cm³/mol. The van der Waals surface area contributed by atoms with Crippen molar-refractivity contribution in [2.45, 2.75) is 35.2 Å². The Balaban J connectivity index is 6.40. The van der Waals surface area contributed by atoms with Gasteiger partial charge in [-0.15, -0.1) is 0 Å². The third-order valence-electron chi connectivity index (χ3n) is 2.34. The van der Waals surface area contributed by atoms with Gasteiger partial charge in [0.05, 0.1) is 0 Å². The van der Waals surface area contributed by atoms with E-state index in [2.05, 4.69) is 0 Å². The van der Waals surface area contributed by atoms with E-state index in [1.54, 1.807) is 0 Å². The van der Waals surface area contributed by atoms with Crippen molar-refractivity contribution in [3.8, 4) is 0 Å². The molecular formula is C7HF13O5S. The minimum atomic E-state index is -8.08. The number of rotatable bonds is 7. The minimum absolute atomic E-state index is 1.51. The van der Waals surface area contributed by atoms with E-state index in [4.69, 9.17) is 5.11 Å². The number of halogens is 13. The molecule has 0 aromatic heterocycles. The van der Waals surface area contributed by atoms with Crippen LogP contribution in [0.3, 0.4) is 0 Å². The van der Waals surface area contributed by atoms with Gasteiger partial charge in [-0.05, 0) is 0 Å². The molecule has 0 saturated carbocycles. The lowest BCUT2D eigenvalue weighted by atomic mass is 10.1. The van der Waals surface area contributed by atoms with Crippen molar-refractivity contribution in [2.75, 3.05) is 0 Å². The lowest BCUT2D eigenvalue weighted by molar-refractivity contribution is -0.470. The Morgan fingerprint density at radius 2 is 1.12 bits per heavy atom. The highest BCUT2D eigenvalue weighted by atomic mass is 32.3. The van der Waals surface area contributed by atoms with Crippen LogP contribution in [0.15, 0.2) is 0 Å². The van der Waals surface area contributed by atoms with Crippen LogP contribution in [0.5, 0.6) is 0 Å². The van der Waals surface area contributed by atoms with E-state index in [9.17, 15) is 69.8 Å². The zero-order chi connectivity index (χ0) is 21.8. The molecular weight excluding hydrogens is 443 g/mol. The summed E-state index contributed by atoms with van der Waals surface area (Å²) >= 11 is 0. The molecule has 1 N–H and O–H groups in total. The molecule has 0 rings (SSSR count). The Kier molecular flexibility index (Phi) is 5.64. The summed E-state index contributed by atoms with van der Waals surface area (Å²) in [4.78, 5) is 9.99. The van der Waals surface area contributed by atoms with Crippen molar-refractivity contribution in [1.82, 2.24) is 0 Å². The number of hydrogen-bond acceptors (Lipinski definition) is 4. The maximum Gasteiger partial charge on any atom is 0.460 e. The lowest BCUT2D eigenvalue weighted by Crippen LogP contribution is -2.67. The normalized spacial score (nSPS) is 17.7. The molecule has 5 nitrogen and oxygen atoms in total. The van der Waals surface area contributed by atoms with E-state index in [-0.39, 0.29) is 0 Å². The summed E-state index contributed by atoms with van der Waals surface area (Å²) in [7, 11) is -8.08. The summed E-state index contributed by atoms with van der Waals surface area (Å²) in [5.41, 5.74) is 0. The molecule has 0 radical (unpaired) electrons. The van der Waals surface area contributed by atoms with Crippen LogP contribution in [-0.2, 0) is 19.8 Å². The first-order valence-electron chi connectivity index (χ1n) is 5.05. The molecule has 0 amide bonds. The molecule has 0 spiro atoms. The summed E-state index contributed by atoms with van der Waals surface area (Å²) in [6.07, 6.45) is -14.9. The fourth-order valence-electron chi connectivity index (χ4n) is 0.982. The first-order chi connectivity index (χ1) is 10.9. The molecule has 156 valence electrons. The average molecular weight is 444 g/mol. The number of carboxylic acid groups (broad SMARTS) is 1.